The molecule has 1 saturated carbocycles. The van der Waals surface area contributed by atoms with Crippen molar-refractivity contribution >= 4 is 5.91 Å². The molecule has 0 radical (unpaired) electrons. The van der Waals surface area contributed by atoms with E-state index in [9.17, 15) is 22.4 Å². The first kappa shape index (κ1) is 23.8. The molecule has 0 spiro atoms. The van der Waals surface area contributed by atoms with Gasteiger partial charge in [0.25, 0.3) is 5.88 Å². The highest BCUT2D eigenvalue weighted by atomic mass is 19.4. The van der Waals surface area contributed by atoms with Crippen molar-refractivity contribution < 1.29 is 31.8 Å². The Bertz CT molecular complexity index is 916. The van der Waals surface area contributed by atoms with E-state index in [4.69, 9.17) is 9.47 Å². The van der Waals surface area contributed by atoms with Gasteiger partial charge in [0.15, 0.2) is 11.6 Å². The summed E-state index contributed by atoms with van der Waals surface area (Å²) >= 11 is 0. The van der Waals surface area contributed by atoms with Crippen molar-refractivity contribution in [2.75, 3.05) is 6.61 Å². The van der Waals surface area contributed by atoms with Gasteiger partial charge in [-0.3, -0.25) is 4.79 Å². The number of aromatic nitrogens is 3. The number of ether oxygens (including phenoxy) is 2. The second-order valence-electron chi connectivity index (χ2n) is 7.76. The first-order chi connectivity index (χ1) is 15.1. The molecule has 1 aliphatic carbocycles. The van der Waals surface area contributed by atoms with Gasteiger partial charge in [-0.25, -0.2) is 19.3 Å². The van der Waals surface area contributed by atoms with Gasteiger partial charge >= 0.3 is 6.18 Å². The highest BCUT2D eigenvalue weighted by molar-refractivity contribution is 5.73. The highest BCUT2D eigenvalue weighted by Gasteiger charge is 2.31. The number of nitrogens with zero attached hydrogens (tertiary/aromatic N) is 3. The van der Waals surface area contributed by atoms with E-state index >= 15 is 0 Å². The van der Waals surface area contributed by atoms with E-state index in [-0.39, 0.29) is 41.4 Å². The topological polar surface area (TPSA) is 86.2 Å². The number of alkyl halides is 3. The standard InChI is InChI=1S/C21H24F4N4O3/c1-12(29-13(2)30)11-31-16-3-5-17(6-4-16)32-20-18(22)7-14(8-28-20)19-26-9-15(10-27-19)21(23,24)25/h7-10,12,16-17H,3-6,11H2,1-2H3,(H,29,30)/t12-,16-,17-/m0/s1. The second-order valence-corrected chi connectivity index (χ2v) is 7.76. The third-order valence-electron chi connectivity index (χ3n) is 4.98. The molecule has 174 valence electrons. The van der Waals surface area contributed by atoms with E-state index in [0.717, 1.165) is 18.9 Å². The smallest absolute Gasteiger partial charge is 0.419 e. The van der Waals surface area contributed by atoms with E-state index in [2.05, 4.69) is 20.3 Å². The molecule has 1 N–H and O–H groups in total. The number of rotatable bonds is 7. The van der Waals surface area contributed by atoms with E-state index in [1.54, 1.807) is 0 Å². The van der Waals surface area contributed by atoms with Crippen molar-refractivity contribution in [3.05, 3.63) is 36.0 Å². The summed E-state index contributed by atoms with van der Waals surface area (Å²) in [6, 6.07) is 1.01. The van der Waals surface area contributed by atoms with Crippen LogP contribution in [0.25, 0.3) is 11.4 Å². The molecular weight excluding hydrogens is 432 g/mol. The summed E-state index contributed by atoms with van der Waals surface area (Å²) in [6.45, 7) is 3.73. The highest BCUT2D eigenvalue weighted by Crippen LogP contribution is 2.30. The molecule has 0 aromatic carbocycles. The average Bonchev–Trinajstić information content (AvgIpc) is 2.73. The van der Waals surface area contributed by atoms with Crippen LogP contribution in [0.1, 0.15) is 45.1 Å². The minimum absolute atomic E-state index is 0.0445. The fraction of sp³-hybridized carbons (Fsp3) is 0.524. The molecule has 1 fully saturated rings. The first-order valence-electron chi connectivity index (χ1n) is 10.2. The molecule has 1 aliphatic rings. The summed E-state index contributed by atoms with van der Waals surface area (Å²) in [7, 11) is 0. The van der Waals surface area contributed by atoms with Crippen LogP contribution in [0.3, 0.4) is 0 Å². The number of pyridine rings is 1. The van der Waals surface area contributed by atoms with Crippen LogP contribution in [-0.2, 0) is 15.7 Å². The zero-order chi connectivity index (χ0) is 23.3. The van der Waals surface area contributed by atoms with Crippen molar-refractivity contribution in [2.24, 2.45) is 0 Å². The Morgan fingerprint density at radius 1 is 1.12 bits per heavy atom. The third-order valence-corrected chi connectivity index (χ3v) is 4.98. The number of carbonyl (C=O) groups excluding carboxylic acids is 1. The van der Waals surface area contributed by atoms with Crippen molar-refractivity contribution in [3.8, 4) is 17.3 Å². The minimum Gasteiger partial charge on any atom is -0.472 e. The van der Waals surface area contributed by atoms with Crippen LogP contribution >= 0.6 is 0 Å². The third kappa shape index (κ3) is 6.59. The summed E-state index contributed by atoms with van der Waals surface area (Å²) in [4.78, 5) is 22.3. The zero-order valence-electron chi connectivity index (χ0n) is 17.7. The van der Waals surface area contributed by atoms with Crippen LogP contribution in [0, 0.1) is 5.82 Å². The largest absolute Gasteiger partial charge is 0.472 e. The van der Waals surface area contributed by atoms with E-state index in [1.807, 2.05) is 6.92 Å². The van der Waals surface area contributed by atoms with Gasteiger partial charge in [0.05, 0.1) is 18.3 Å². The van der Waals surface area contributed by atoms with Gasteiger partial charge in [-0.1, -0.05) is 0 Å². The molecule has 0 aliphatic heterocycles. The molecule has 11 heteroatoms. The molecule has 2 heterocycles. The molecule has 0 bridgehead atoms. The van der Waals surface area contributed by atoms with Crippen LogP contribution in [0.4, 0.5) is 17.6 Å². The Hall–Kier alpha value is -2.82. The minimum atomic E-state index is -4.55. The van der Waals surface area contributed by atoms with Crippen LogP contribution in [-0.4, -0.2) is 45.7 Å². The Morgan fingerprint density at radius 3 is 2.31 bits per heavy atom. The first-order valence-corrected chi connectivity index (χ1v) is 10.2. The molecule has 2 aromatic rings. The van der Waals surface area contributed by atoms with Gasteiger partial charge in [0, 0.05) is 37.1 Å². The second kappa shape index (κ2) is 10.2. The van der Waals surface area contributed by atoms with Gasteiger partial charge in [-0.15, -0.1) is 0 Å². The fourth-order valence-electron chi connectivity index (χ4n) is 3.40. The number of carbonyl (C=O) groups is 1. The molecular formula is C21H24F4N4O3. The monoisotopic (exact) mass is 456 g/mol. The Balaban J connectivity index is 1.52. The Labute approximate surface area is 182 Å². The van der Waals surface area contributed by atoms with Crippen molar-refractivity contribution in [1.29, 1.82) is 0 Å². The maximum atomic E-state index is 14.5. The van der Waals surface area contributed by atoms with E-state index in [0.29, 0.717) is 31.8 Å². The van der Waals surface area contributed by atoms with Gasteiger partial charge in [0.1, 0.15) is 6.10 Å². The molecule has 2 aromatic heterocycles. The molecule has 0 saturated heterocycles. The summed E-state index contributed by atoms with van der Waals surface area (Å²) in [5.74, 6) is -1.09. The summed E-state index contributed by atoms with van der Waals surface area (Å²) in [5.41, 5.74) is -0.840. The normalized spacial score (nSPS) is 19.9. The van der Waals surface area contributed by atoms with Gasteiger partial charge < -0.3 is 14.8 Å². The predicted molar refractivity (Wildman–Crippen MR) is 106 cm³/mol. The lowest BCUT2D eigenvalue weighted by Gasteiger charge is -2.29. The number of amides is 1. The molecule has 3 rings (SSSR count). The zero-order valence-corrected chi connectivity index (χ0v) is 17.7. The molecule has 1 amide bonds. The lowest BCUT2D eigenvalue weighted by molar-refractivity contribution is -0.138. The predicted octanol–water partition coefficient (Wildman–Crippen LogP) is 3.93. The Morgan fingerprint density at radius 2 is 1.75 bits per heavy atom. The molecule has 0 unspecified atom stereocenters. The van der Waals surface area contributed by atoms with Crippen LogP contribution in [0.15, 0.2) is 24.7 Å². The number of hydrogen-bond donors (Lipinski definition) is 1. The quantitative estimate of drug-likeness (QED) is 0.636. The lowest BCUT2D eigenvalue weighted by Crippen LogP contribution is -2.37. The maximum Gasteiger partial charge on any atom is 0.419 e. The fourth-order valence-corrected chi connectivity index (χ4v) is 3.40. The van der Waals surface area contributed by atoms with E-state index in [1.165, 1.54) is 13.1 Å². The van der Waals surface area contributed by atoms with Crippen LogP contribution in [0.5, 0.6) is 5.88 Å². The van der Waals surface area contributed by atoms with Crippen LogP contribution < -0.4 is 10.1 Å². The van der Waals surface area contributed by atoms with Crippen molar-refractivity contribution in [3.63, 3.8) is 0 Å². The molecule has 1 atom stereocenters. The van der Waals surface area contributed by atoms with Gasteiger partial charge in [0.2, 0.25) is 5.91 Å². The maximum absolute atomic E-state index is 14.5. The lowest BCUT2D eigenvalue weighted by atomic mass is 9.95. The summed E-state index contributed by atoms with van der Waals surface area (Å²) in [6.07, 6.45) is 0.596. The SMILES string of the molecule is CC(=O)N[C@@H](C)CO[C@H]1CC[C@H](Oc2ncc(-c3ncc(C(F)(F)F)cn3)cc2F)CC1. The van der Waals surface area contributed by atoms with Gasteiger partial charge in [-0.05, 0) is 38.7 Å². The van der Waals surface area contributed by atoms with Crippen molar-refractivity contribution in [1.82, 2.24) is 20.3 Å². The number of halogens is 4. The molecule has 32 heavy (non-hydrogen) atoms. The summed E-state index contributed by atoms with van der Waals surface area (Å²) < 4.78 is 63.8. The number of nitrogens with one attached hydrogen (secondary N) is 1. The average molecular weight is 456 g/mol. The van der Waals surface area contributed by atoms with Gasteiger partial charge in [-0.2, -0.15) is 13.2 Å². The van der Waals surface area contributed by atoms with Crippen LogP contribution in [0.2, 0.25) is 0 Å². The number of hydrogen-bond acceptors (Lipinski definition) is 6. The van der Waals surface area contributed by atoms with E-state index < -0.39 is 17.6 Å². The summed E-state index contributed by atoms with van der Waals surface area (Å²) in [5, 5.41) is 2.76. The molecule has 7 nitrogen and oxygen atoms in total. The Kier molecular flexibility index (Phi) is 7.60. The van der Waals surface area contributed by atoms with Crippen molar-refractivity contribution in [2.45, 2.75) is 64.0 Å².